The zero-order valence-electron chi connectivity index (χ0n) is 8.44. The number of hydrogen-bond acceptors (Lipinski definition) is 3. The maximum absolute atomic E-state index is 5.57. The van der Waals surface area contributed by atoms with Crippen molar-refractivity contribution >= 4 is 5.69 Å². The molecular weight excluding hydrogens is 176 g/mol. The molecule has 1 aromatic rings. The Balaban J connectivity index is 1.83. The lowest BCUT2D eigenvalue weighted by Crippen LogP contribution is -2.28. The SMILES string of the molecule is CC1CCC1COc1ccc(N)cn1. The van der Waals surface area contributed by atoms with Crippen LogP contribution in [0.15, 0.2) is 18.3 Å². The van der Waals surface area contributed by atoms with Gasteiger partial charge in [0.25, 0.3) is 0 Å². The summed E-state index contributed by atoms with van der Waals surface area (Å²) in [5.41, 5.74) is 6.20. The fourth-order valence-electron chi connectivity index (χ4n) is 1.65. The first-order chi connectivity index (χ1) is 6.75. The van der Waals surface area contributed by atoms with E-state index in [2.05, 4.69) is 11.9 Å². The van der Waals surface area contributed by atoms with Crippen LogP contribution in [0.25, 0.3) is 0 Å². The summed E-state index contributed by atoms with van der Waals surface area (Å²) in [4.78, 5) is 4.09. The van der Waals surface area contributed by atoms with Gasteiger partial charge >= 0.3 is 0 Å². The van der Waals surface area contributed by atoms with Crippen LogP contribution in [-0.2, 0) is 0 Å². The summed E-state index contributed by atoms with van der Waals surface area (Å²) >= 11 is 0. The van der Waals surface area contributed by atoms with Gasteiger partial charge in [-0.25, -0.2) is 4.98 Å². The Bertz CT molecular complexity index is 297. The molecule has 76 valence electrons. The topological polar surface area (TPSA) is 48.1 Å². The Morgan fingerprint density at radius 3 is 2.86 bits per heavy atom. The van der Waals surface area contributed by atoms with Crippen molar-refractivity contribution in [2.75, 3.05) is 12.3 Å². The zero-order chi connectivity index (χ0) is 9.97. The van der Waals surface area contributed by atoms with Crippen LogP contribution in [0.2, 0.25) is 0 Å². The number of nitrogen functional groups attached to an aromatic ring is 1. The van der Waals surface area contributed by atoms with Crippen LogP contribution in [0.1, 0.15) is 19.8 Å². The van der Waals surface area contributed by atoms with Gasteiger partial charge in [0.05, 0.1) is 18.5 Å². The van der Waals surface area contributed by atoms with E-state index in [9.17, 15) is 0 Å². The number of nitrogens with two attached hydrogens (primary N) is 1. The van der Waals surface area contributed by atoms with Crippen LogP contribution >= 0.6 is 0 Å². The van der Waals surface area contributed by atoms with Crippen molar-refractivity contribution < 1.29 is 4.74 Å². The molecular formula is C11H16N2O. The van der Waals surface area contributed by atoms with Gasteiger partial charge in [0.1, 0.15) is 0 Å². The average Bonchev–Trinajstić information content (AvgIpc) is 2.19. The third-order valence-electron chi connectivity index (χ3n) is 3.00. The van der Waals surface area contributed by atoms with E-state index in [1.165, 1.54) is 12.8 Å². The highest BCUT2D eigenvalue weighted by molar-refractivity contribution is 5.35. The van der Waals surface area contributed by atoms with Gasteiger partial charge in [0, 0.05) is 6.07 Å². The first kappa shape index (κ1) is 9.31. The molecule has 3 heteroatoms. The number of nitrogens with zero attached hydrogens (tertiary/aromatic N) is 1. The first-order valence-electron chi connectivity index (χ1n) is 5.10. The second-order valence-corrected chi connectivity index (χ2v) is 4.06. The Labute approximate surface area is 84.3 Å². The highest BCUT2D eigenvalue weighted by atomic mass is 16.5. The van der Waals surface area contributed by atoms with Gasteiger partial charge in [-0.15, -0.1) is 0 Å². The molecule has 0 spiro atoms. The van der Waals surface area contributed by atoms with Gasteiger partial charge in [-0.05, 0) is 30.7 Å². The molecule has 1 saturated carbocycles. The van der Waals surface area contributed by atoms with Crippen LogP contribution in [-0.4, -0.2) is 11.6 Å². The Kier molecular flexibility index (Phi) is 2.57. The quantitative estimate of drug-likeness (QED) is 0.797. The number of ether oxygens (including phenoxy) is 1. The molecule has 2 unspecified atom stereocenters. The maximum Gasteiger partial charge on any atom is 0.213 e. The van der Waals surface area contributed by atoms with Gasteiger partial charge in [-0.1, -0.05) is 6.92 Å². The molecule has 0 saturated heterocycles. The molecule has 2 atom stereocenters. The number of rotatable bonds is 3. The fourth-order valence-corrected chi connectivity index (χ4v) is 1.65. The lowest BCUT2D eigenvalue weighted by Gasteiger charge is -2.33. The van der Waals surface area contributed by atoms with Crippen LogP contribution < -0.4 is 10.5 Å². The summed E-state index contributed by atoms with van der Waals surface area (Å²) in [6.07, 6.45) is 4.25. The van der Waals surface area contributed by atoms with Crippen molar-refractivity contribution in [2.24, 2.45) is 11.8 Å². The normalized spacial score (nSPS) is 25.5. The van der Waals surface area contributed by atoms with Crippen molar-refractivity contribution in [1.29, 1.82) is 0 Å². The molecule has 0 aliphatic heterocycles. The number of anilines is 1. The van der Waals surface area contributed by atoms with Crippen molar-refractivity contribution in [3.8, 4) is 5.88 Å². The predicted octanol–water partition coefficient (Wildman–Crippen LogP) is 2.09. The summed E-state index contributed by atoms with van der Waals surface area (Å²) in [6, 6.07) is 3.63. The summed E-state index contributed by atoms with van der Waals surface area (Å²) in [5, 5.41) is 0. The van der Waals surface area contributed by atoms with E-state index in [0.29, 0.717) is 17.5 Å². The molecule has 1 heterocycles. The molecule has 0 amide bonds. The molecule has 0 radical (unpaired) electrons. The monoisotopic (exact) mass is 192 g/mol. The zero-order valence-corrected chi connectivity index (χ0v) is 8.44. The van der Waals surface area contributed by atoms with E-state index in [1.54, 1.807) is 6.20 Å². The van der Waals surface area contributed by atoms with Gasteiger partial charge in [-0.2, -0.15) is 0 Å². The molecule has 0 bridgehead atoms. The van der Waals surface area contributed by atoms with E-state index in [-0.39, 0.29) is 0 Å². The largest absolute Gasteiger partial charge is 0.477 e. The van der Waals surface area contributed by atoms with Gasteiger partial charge < -0.3 is 10.5 Å². The Morgan fingerprint density at radius 1 is 1.50 bits per heavy atom. The number of hydrogen-bond donors (Lipinski definition) is 1. The standard InChI is InChI=1S/C11H16N2O/c1-8-2-3-9(8)7-14-11-5-4-10(12)6-13-11/h4-6,8-9H,2-3,7,12H2,1H3. The minimum absolute atomic E-state index is 0.675. The van der Waals surface area contributed by atoms with Crippen LogP contribution in [0.5, 0.6) is 5.88 Å². The number of aromatic nitrogens is 1. The molecule has 1 fully saturated rings. The number of pyridine rings is 1. The average molecular weight is 192 g/mol. The Morgan fingerprint density at radius 2 is 2.36 bits per heavy atom. The molecule has 1 aromatic heterocycles. The second kappa shape index (κ2) is 3.86. The fraction of sp³-hybridized carbons (Fsp3) is 0.545. The summed E-state index contributed by atoms with van der Waals surface area (Å²) in [6.45, 7) is 3.06. The summed E-state index contributed by atoms with van der Waals surface area (Å²) < 4.78 is 5.57. The van der Waals surface area contributed by atoms with E-state index in [1.807, 2.05) is 12.1 Å². The lowest BCUT2D eigenvalue weighted by atomic mass is 9.75. The summed E-state index contributed by atoms with van der Waals surface area (Å²) in [7, 11) is 0. The van der Waals surface area contributed by atoms with Crippen molar-refractivity contribution in [2.45, 2.75) is 19.8 Å². The lowest BCUT2D eigenvalue weighted by molar-refractivity contribution is 0.113. The third kappa shape index (κ3) is 1.97. The predicted molar refractivity (Wildman–Crippen MR) is 56.0 cm³/mol. The molecule has 2 rings (SSSR count). The van der Waals surface area contributed by atoms with Gasteiger partial charge in [-0.3, -0.25) is 0 Å². The minimum Gasteiger partial charge on any atom is -0.477 e. The molecule has 2 N–H and O–H groups in total. The van der Waals surface area contributed by atoms with Crippen molar-refractivity contribution in [1.82, 2.24) is 4.98 Å². The highest BCUT2D eigenvalue weighted by Crippen LogP contribution is 2.33. The molecule has 1 aliphatic rings. The molecule has 3 nitrogen and oxygen atoms in total. The smallest absolute Gasteiger partial charge is 0.213 e. The van der Waals surface area contributed by atoms with Crippen LogP contribution in [0.4, 0.5) is 5.69 Å². The van der Waals surface area contributed by atoms with Gasteiger partial charge in [0.15, 0.2) is 0 Å². The van der Waals surface area contributed by atoms with Crippen molar-refractivity contribution in [3.05, 3.63) is 18.3 Å². The Hall–Kier alpha value is -1.25. The molecule has 14 heavy (non-hydrogen) atoms. The second-order valence-electron chi connectivity index (χ2n) is 4.06. The van der Waals surface area contributed by atoms with Crippen LogP contribution in [0, 0.1) is 11.8 Å². The first-order valence-corrected chi connectivity index (χ1v) is 5.10. The van der Waals surface area contributed by atoms with E-state index >= 15 is 0 Å². The van der Waals surface area contributed by atoms with Gasteiger partial charge in [0.2, 0.25) is 5.88 Å². The van der Waals surface area contributed by atoms with E-state index in [4.69, 9.17) is 10.5 Å². The van der Waals surface area contributed by atoms with E-state index in [0.717, 1.165) is 12.5 Å². The minimum atomic E-state index is 0.675. The maximum atomic E-state index is 5.57. The van der Waals surface area contributed by atoms with E-state index < -0.39 is 0 Å². The summed E-state index contributed by atoms with van der Waals surface area (Å²) in [5.74, 6) is 2.21. The molecule has 1 aliphatic carbocycles. The third-order valence-corrected chi connectivity index (χ3v) is 3.00. The van der Waals surface area contributed by atoms with Crippen LogP contribution in [0.3, 0.4) is 0 Å². The molecule has 0 aromatic carbocycles. The van der Waals surface area contributed by atoms with Crippen molar-refractivity contribution in [3.63, 3.8) is 0 Å². The highest BCUT2D eigenvalue weighted by Gasteiger charge is 2.27.